The van der Waals surface area contributed by atoms with Crippen molar-refractivity contribution in [1.29, 1.82) is 5.26 Å². The number of carbonyl (C=O) groups excluding carboxylic acids is 1. The van der Waals surface area contributed by atoms with Crippen molar-refractivity contribution in [2.75, 3.05) is 0 Å². The normalized spacial score (nSPS) is 20.9. The van der Waals surface area contributed by atoms with Crippen LogP contribution in [0, 0.1) is 11.3 Å². The van der Waals surface area contributed by atoms with Crippen molar-refractivity contribution < 1.29 is 14.3 Å². The highest BCUT2D eigenvalue weighted by Gasteiger charge is 2.50. The summed E-state index contributed by atoms with van der Waals surface area (Å²) in [5.41, 5.74) is -1.50. The van der Waals surface area contributed by atoms with Gasteiger partial charge in [0.15, 0.2) is 6.04 Å². The Hall–Kier alpha value is -1.54. The molecule has 1 amide bonds. The summed E-state index contributed by atoms with van der Waals surface area (Å²) < 4.78 is 11.5. The molecule has 0 saturated carbocycles. The summed E-state index contributed by atoms with van der Waals surface area (Å²) >= 11 is 0. The smallest absolute Gasteiger partial charge is 0.413 e. The summed E-state index contributed by atoms with van der Waals surface area (Å²) in [5.74, 6) is 0. The van der Waals surface area contributed by atoms with Gasteiger partial charge in [0.05, 0.1) is 6.07 Å². The maximum atomic E-state index is 12.6. The molecule has 1 saturated heterocycles. The van der Waals surface area contributed by atoms with Crippen LogP contribution >= 0.6 is 0 Å². The third kappa shape index (κ3) is 10.5. The van der Waals surface area contributed by atoms with Crippen LogP contribution in [0.1, 0.15) is 119 Å². The van der Waals surface area contributed by atoms with Gasteiger partial charge in [-0.1, -0.05) is 83.3 Å². The Kier molecular flexibility index (Phi) is 12.2. The highest BCUT2D eigenvalue weighted by Crippen LogP contribution is 2.34. The number of amides is 1. The van der Waals surface area contributed by atoms with E-state index < -0.39 is 29.6 Å². The van der Waals surface area contributed by atoms with Gasteiger partial charge in [-0.15, -0.1) is 0 Å². The molecule has 1 rings (SSSR count). The predicted octanol–water partition coefficient (Wildman–Crippen LogP) is 7.51. The first-order chi connectivity index (χ1) is 14.6. The van der Waals surface area contributed by atoms with E-state index in [1.54, 1.807) is 13.8 Å². The van der Waals surface area contributed by atoms with Gasteiger partial charge in [0, 0.05) is 0 Å². The molecule has 0 aromatic heterocycles. The van der Waals surface area contributed by atoms with Gasteiger partial charge in [0.1, 0.15) is 17.4 Å². The molecule has 178 valence electrons. The van der Waals surface area contributed by atoms with Gasteiger partial charge >= 0.3 is 6.09 Å². The largest absolute Gasteiger partial charge is 0.444 e. The van der Waals surface area contributed by atoms with Crippen molar-refractivity contribution >= 4 is 6.09 Å². The Morgan fingerprint density at radius 1 is 1.03 bits per heavy atom. The van der Waals surface area contributed by atoms with E-state index in [2.05, 4.69) is 19.1 Å². The fourth-order valence-electron chi connectivity index (χ4n) is 4.01. The molecule has 2 atom stereocenters. The van der Waals surface area contributed by atoms with Gasteiger partial charge in [0.25, 0.3) is 0 Å². The van der Waals surface area contributed by atoms with Crippen molar-refractivity contribution in [3.63, 3.8) is 0 Å². The molecule has 0 aliphatic carbocycles. The van der Waals surface area contributed by atoms with Crippen molar-refractivity contribution in [2.45, 2.75) is 142 Å². The maximum absolute atomic E-state index is 12.6. The highest BCUT2D eigenvalue weighted by atomic mass is 16.6. The van der Waals surface area contributed by atoms with Crippen LogP contribution in [-0.2, 0) is 9.47 Å². The van der Waals surface area contributed by atoms with E-state index in [1.165, 1.54) is 69.1 Å². The van der Waals surface area contributed by atoms with Gasteiger partial charge in [-0.2, -0.15) is 5.26 Å². The molecular formula is C26H46N2O3. The zero-order chi connectivity index (χ0) is 23.3. The average molecular weight is 435 g/mol. The van der Waals surface area contributed by atoms with E-state index in [1.807, 2.05) is 26.8 Å². The third-order valence-corrected chi connectivity index (χ3v) is 5.62. The summed E-state index contributed by atoms with van der Waals surface area (Å²) in [7, 11) is 0. The standard InChI is InChI=1S/C26H46N2O3/c1-7-8-9-10-11-12-13-14-15-16-17-18-19-20-23-22(21-27)28(26(5,6)30-23)24(29)31-25(2,3)4/h19-20,22-23H,7-18H2,1-6H3/b20-19+. The number of rotatable bonds is 13. The second kappa shape index (κ2) is 13.8. The van der Waals surface area contributed by atoms with Gasteiger partial charge in [-0.3, -0.25) is 4.90 Å². The molecule has 2 unspecified atom stereocenters. The minimum atomic E-state index is -0.881. The zero-order valence-corrected chi connectivity index (χ0v) is 20.9. The number of carbonyl (C=O) groups is 1. The van der Waals surface area contributed by atoms with Crippen LogP contribution in [0.2, 0.25) is 0 Å². The van der Waals surface area contributed by atoms with Gasteiger partial charge in [-0.25, -0.2) is 4.79 Å². The second-order valence-corrected chi connectivity index (χ2v) is 10.2. The number of unbranched alkanes of at least 4 members (excludes halogenated alkanes) is 11. The summed E-state index contributed by atoms with van der Waals surface area (Å²) in [4.78, 5) is 14.1. The van der Waals surface area contributed by atoms with Crippen LogP contribution in [0.4, 0.5) is 4.79 Å². The first-order valence-corrected chi connectivity index (χ1v) is 12.4. The Bertz CT molecular complexity index is 586. The van der Waals surface area contributed by atoms with E-state index >= 15 is 0 Å². The van der Waals surface area contributed by atoms with Gasteiger partial charge < -0.3 is 9.47 Å². The fourth-order valence-corrected chi connectivity index (χ4v) is 4.01. The number of allylic oxidation sites excluding steroid dienone is 1. The average Bonchev–Trinajstić information content (AvgIpc) is 2.93. The molecule has 5 heteroatoms. The van der Waals surface area contributed by atoms with E-state index in [0.29, 0.717) is 0 Å². The molecule has 0 aromatic carbocycles. The minimum absolute atomic E-state index is 0.430. The number of hydrogen-bond acceptors (Lipinski definition) is 4. The third-order valence-electron chi connectivity index (χ3n) is 5.62. The SMILES string of the molecule is CCCCCCCCCCCCC/C=C/C1OC(C)(C)N(C(=O)OC(C)(C)C)C1C#N. The van der Waals surface area contributed by atoms with E-state index in [4.69, 9.17) is 9.47 Å². The molecule has 1 aliphatic heterocycles. The van der Waals surface area contributed by atoms with Crippen LogP contribution in [0.15, 0.2) is 12.2 Å². The first kappa shape index (κ1) is 27.5. The van der Waals surface area contributed by atoms with Crippen LogP contribution in [0.25, 0.3) is 0 Å². The molecule has 0 aromatic rings. The number of nitrogens with zero attached hydrogens (tertiary/aromatic N) is 2. The lowest BCUT2D eigenvalue weighted by Gasteiger charge is -2.33. The minimum Gasteiger partial charge on any atom is -0.444 e. The van der Waals surface area contributed by atoms with Crippen molar-refractivity contribution in [2.24, 2.45) is 0 Å². The van der Waals surface area contributed by atoms with Crippen LogP contribution in [0.3, 0.4) is 0 Å². The molecular weight excluding hydrogens is 388 g/mol. The van der Waals surface area contributed by atoms with Crippen LogP contribution < -0.4 is 0 Å². The summed E-state index contributed by atoms with van der Waals surface area (Å²) in [6, 6.07) is 1.55. The van der Waals surface area contributed by atoms with E-state index in [0.717, 1.165) is 12.8 Å². The lowest BCUT2D eigenvalue weighted by Crippen LogP contribution is -2.49. The van der Waals surface area contributed by atoms with Gasteiger partial charge in [-0.05, 0) is 47.5 Å². The van der Waals surface area contributed by atoms with Gasteiger partial charge in [0.2, 0.25) is 0 Å². The molecule has 0 spiro atoms. The molecule has 5 nitrogen and oxygen atoms in total. The van der Waals surface area contributed by atoms with Crippen molar-refractivity contribution in [3.05, 3.63) is 12.2 Å². The molecule has 1 aliphatic rings. The molecule has 1 fully saturated rings. The number of nitriles is 1. The summed E-state index contributed by atoms with van der Waals surface area (Å²) in [5, 5.41) is 9.68. The van der Waals surface area contributed by atoms with Crippen molar-refractivity contribution in [3.8, 4) is 6.07 Å². The Balaban J connectivity index is 2.31. The molecule has 0 radical (unpaired) electrons. The quantitative estimate of drug-likeness (QED) is 0.222. The Morgan fingerprint density at radius 3 is 2.03 bits per heavy atom. The second-order valence-electron chi connectivity index (χ2n) is 10.2. The zero-order valence-electron chi connectivity index (χ0n) is 20.9. The fraction of sp³-hybridized carbons (Fsp3) is 0.846. The Morgan fingerprint density at radius 2 is 1.55 bits per heavy atom. The molecule has 0 N–H and O–H groups in total. The highest BCUT2D eigenvalue weighted by molar-refractivity contribution is 5.70. The molecule has 31 heavy (non-hydrogen) atoms. The number of ether oxygens (including phenoxy) is 2. The monoisotopic (exact) mass is 434 g/mol. The van der Waals surface area contributed by atoms with Crippen LogP contribution in [0.5, 0.6) is 0 Å². The lowest BCUT2D eigenvalue weighted by molar-refractivity contribution is -0.0708. The Labute approximate surface area is 191 Å². The first-order valence-electron chi connectivity index (χ1n) is 12.4. The topological polar surface area (TPSA) is 62.6 Å². The molecule has 0 bridgehead atoms. The predicted molar refractivity (Wildman–Crippen MR) is 127 cm³/mol. The van der Waals surface area contributed by atoms with Crippen LogP contribution in [-0.4, -0.2) is 34.5 Å². The molecule has 1 heterocycles. The van der Waals surface area contributed by atoms with E-state index in [-0.39, 0.29) is 0 Å². The summed E-state index contributed by atoms with van der Waals surface area (Å²) in [6.45, 7) is 11.3. The lowest BCUT2D eigenvalue weighted by atomic mass is 10.0. The van der Waals surface area contributed by atoms with E-state index in [9.17, 15) is 10.1 Å². The number of hydrogen-bond donors (Lipinski definition) is 0. The van der Waals surface area contributed by atoms with Crippen molar-refractivity contribution in [1.82, 2.24) is 4.90 Å². The summed E-state index contributed by atoms with van der Waals surface area (Å²) in [6.07, 6.45) is 18.7. The maximum Gasteiger partial charge on any atom is 0.413 e.